The predicted octanol–water partition coefficient (Wildman–Crippen LogP) is 4.16. The van der Waals surface area contributed by atoms with Crippen LogP contribution in [0.2, 0.25) is 0 Å². The van der Waals surface area contributed by atoms with E-state index in [4.69, 9.17) is 5.26 Å². The highest BCUT2D eigenvalue weighted by molar-refractivity contribution is 7.92. The second kappa shape index (κ2) is 9.02. The highest BCUT2D eigenvalue weighted by Gasteiger charge is 2.16. The number of hydrogen-bond acceptors (Lipinski definition) is 6. The van der Waals surface area contributed by atoms with E-state index < -0.39 is 14.9 Å². The van der Waals surface area contributed by atoms with Gasteiger partial charge in [-0.2, -0.15) is 5.26 Å². The summed E-state index contributed by atoms with van der Waals surface area (Å²) in [7, 11) is -3.94. The molecular weight excluding hydrogens is 418 g/mol. The Morgan fingerprint density at radius 2 is 1.71 bits per heavy atom. The van der Waals surface area contributed by atoms with E-state index in [0.717, 1.165) is 24.3 Å². The molecule has 0 unspecified atom stereocenters. The second-order valence-corrected chi connectivity index (χ2v) is 8.05. The molecule has 0 fully saturated rings. The summed E-state index contributed by atoms with van der Waals surface area (Å²) in [6.07, 6.45) is 2.96. The maximum absolute atomic E-state index is 12.4. The van der Waals surface area contributed by atoms with E-state index in [0.29, 0.717) is 16.7 Å². The zero-order valence-corrected chi connectivity index (χ0v) is 16.7. The van der Waals surface area contributed by atoms with Crippen molar-refractivity contribution in [1.82, 2.24) is 0 Å². The summed E-state index contributed by atoms with van der Waals surface area (Å²) in [6.45, 7) is 0. The van der Waals surface area contributed by atoms with Crippen LogP contribution in [0.1, 0.15) is 21.5 Å². The van der Waals surface area contributed by atoms with Gasteiger partial charge in [-0.15, -0.1) is 0 Å². The first-order valence-electron chi connectivity index (χ1n) is 8.88. The SMILES string of the molecule is N#Cc1cccc(/C=C/C(=O)c2ccc(NS(=O)(=O)c3ccc([N+](=O)[O-])cc3)cc2)c1. The topological polar surface area (TPSA) is 130 Å². The molecule has 0 heterocycles. The molecule has 0 saturated carbocycles. The van der Waals surface area contributed by atoms with Crippen LogP contribution in [-0.4, -0.2) is 19.1 Å². The van der Waals surface area contributed by atoms with Gasteiger partial charge in [0.15, 0.2) is 5.78 Å². The van der Waals surface area contributed by atoms with Crippen LogP contribution in [0.25, 0.3) is 6.08 Å². The Labute approximate surface area is 178 Å². The third-order valence-electron chi connectivity index (χ3n) is 4.22. The number of carbonyl (C=O) groups excluding carboxylic acids is 1. The number of benzene rings is 3. The van der Waals surface area contributed by atoms with E-state index in [2.05, 4.69) is 4.72 Å². The number of nitrogens with one attached hydrogen (secondary N) is 1. The fraction of sp³-hybridized carbons (Fsp3) is 0. The van der Waals surface area contributed by atoms with Crippen LogP contribution in [0, 0.1) is 21.4 Å². The molecule has 0 aromatic heterocycles. The number of rotatable bonds is 7. The molecular formula is C22H15N3O5S. The van der Waals surface area contributed by atoms with Crippen LogP contribution in [0.15, 0.2) is 83.8 Å². The summed E-state index contributed by atoms with van der Waals surface area (Å²) >= 11 is 0. The summed E-state index contributed by atoms with van der Waals surface area (Å²) in [5.41, 5.74) is 1.57. The molecule has 0 aliphatic rings. The Bertz CT molecular complexity index is 1310. The molecule has 3 aromatic rings. The van der Waals surface area contributed by atoms with Crippen molar-refractivity contribution >= 4 is 33.3 Å². The van der Waals surface area contributed by atoms with Gasteiger partial charge in [-0.05, 0) is 60.2 Å². The highest BCUT2D eigenvalue weighted by Crippen LogP contribution is 2.20. The molecule has 0 atom stereocenters. The van der Waals surface area contributed by atoms with Gasteiger partial charge in [0.25, 0.3) is 15.7 Å². The zero-order chi connectivity index (χ0) is 22.4. The first kappa shape index (κ1) is 21.4. The molecule has 0 amide bonds. The minimum absolute atomic E-state index is 0.124. The fourth-order valence-corrected chi connectivity index (χ4v) is 3.70. The maximum Gasteiger partial charge on any atom is 0.269 e. The van der Waals surface area contributed by atoms with Crippen molar-refractivity contribution in [2.45, 2.75) is 4.90 Å². The number of nitro groups is 1. The van der Waals surface area contributed by atoms with Gasteiger partial charge in [0, 0.05) is 23.4 Å². The van der Waals surface area contributed by atoms with Crippen molar-refractivity contribution in [3.05, 3.63) is 106 Å². The molecule has 1 N–H and O–H groups in total. The lowest BCUT2D eigenvalue weighted by molar-refractivity contribution is -0.384. The first-order valence-corrected chi connectivity index (χ1v) is 10.4. The van der Waals surface area contributed by atoms with Crippen LogP contribution >= 0.6 is 0 Å². The number of nitriles is 1. The summed E-state index contributed by atoms with van der Waals surface area (Å²) in [5, 5.41) is 19.6. The van der Waals surface area contributed by atoms with E-state index in [1.54, 1.807) is 30.3 Å². The molecule has 0 aliphatic heterocycles. The van der Waals surface area contributed by atoms with Crippen molar-refractivity contribution in [2.24, 2.45) is 0 Å². The molecule has 8 nitrogen and oxygen atoms in total. The number of sulfonamides is 1. The largest absolute Gasteiger partial charge is 0.289 e. The molecule has 0 bridgehead atoms. The summed E-state index contributed by atoms with van der Waals surface area (Å²) in [4.78, 5) is 22.3. The third kappa shape index (κ3) is 5.41. The smallest absolute Gasteiger partial charge is 0.269 e. The monoisotopic (exact) mass is 433 g/mol. The quantitative estimate of drug-likeness (QED) is 0.258. The van der Waals surface area contributed by atoms with Gasteiger partial charge < -0.3 is 0 Å². The maximum atomic E-state index is 12.4. The Kier molecular flexibility index (Phi) is 6.23. The van der Waals surface area contributed by atoms with Gasteiger partial charge in [0.2, 0.25) is 0 Å². The lowest BCUT2D eigenvalue weighted by Gasteiger charge is -2.08. The van der Waals surface area contributed by atoms with E-state index >= 15 is 0 Å². The number of ketones is 1. The number of allylic oxidation sites excluding steroid dienone is 1. The Balaban J connectivity index is 1.70. The minimum Gasteiger partial charge on any atom is -0.289 e. The van der Waals surface area contributed by atoms with E-state index in [-0.39, 0.29) is 22.1 Å². The third-order valence-corrected chi connectivity index (χ3v) is 5.62. The molecule has 0 radical (unpaired) electrons. The van der Waals surface area contributed by atoms with Gasteiger partial charge in [-0.1, -0.05) is 18.2 Å². The molecule has 9 heteroatoms. The van der Waals surface area contributed by atoms with Crippen LogP contribution in [-0.2, 0) is 10.0 Å². The first-order chi connectivity index (χ1) is 14.8. The van der Waals surface area contributed by atoms with Gasteiger partial charge in [0.1, 0.15) is 0 Å². The van der Waals surface area contributed by atoms with Crippen molar-refractivity contribution in [3.63, 3.8) is 0 Å². The van der Waals surface area contributed by atoms with Crippen LogP contribution < -0.4 is 4.72 Å². The van der Waals surface area contributed by atoms with Crippen molar-refractivity contribution in [3.8, 4) is 6.07 Å². The standard InChI is InChI=1S/C22H15N3O5S/c23-15-17-3-1-2-16(14-17)4-13-22(26)18-5-7-19(8-6-18)24-31(29,30)21-11-9-20(10-12-21)25(27)28/h1-14,24H/b13-4+. The fourth-order valence-electron chi connectivity index (χ4n) is 2.64. The van der Waals surface area contributed by atoms with E-state index in [1.807, 2.05) is 6.07 Å². The molecule has 0 spiro atoms. The van der Waals surface area contributed by atoms with Crippen molar-refractivity contribution < 1.29 is 18.1 Å². The average Bonchev–Trinajstić information content (AvgIpc) is 2.78. The number of anilines is 1. The molecule has 3 aromatic carbocycles. The predicted molar refractivity (Wildman–Crippen MR) is 115 cm³/mol. The summed E-state index contributed by atoms with van der Waals surface area (Å²) in [5.74, 6) is -0.285. The normalized spacial score (nSPS) is 11.1. The summed E-state index contributed by atoms with van der Waals surface area (Å²) < 4.78 is 27.2. The lowest BCUT2D eigenvalue weighted by Crippen LogP contribution is -2.13. The number of nitrogens with zero attached hydrogens (tertiary/aromatic N) is 2. The van der Waals surface area contributed by atoms with Gasteiger partial charge in [-0.3, -0.25) is 19.6 Å². The van der Waals surface area contributed by atoms with Crippen LogP contribution in [0.5, 0.6) is 0 Å². The molecule has 31 heavy (non-hydrogen) atoms. The van der Waals surface area contributed by atoms with Gasteiger partial charge in [-0.25, -0.2) is 8.42 Å². The van der Waals surface area contributed by atoms with E-state index in [9.17, 15) is 23.3 Å². The van der Waals surface area contributed by atoms with Gasteiger partial charge in [0.05, 0.1) is 21.5 Å². The number of carbonyl (C=O) groups is 1. The molecule has 154 valence electrons. The molecule has 0 aliphatic carbocycles. The minimum atomic E-state index is -3.94. The van der Waals surface area contributed by atoms with Crippen LogP contribution in [0.4, 0.5) is 11.4 Å². The molecule has 0 saturated heterocycles. The lowest BCUT2D eigenvalue weighted by atomic mass is 10.1. The zero-order valence-electron chi connectivity index (χ0n) is 15.9. The number of hydrogen-bond donors (Lipinski definition) is 1. The molecule has 3 rings (SSSR count). The van der Waals surface area contributed by atoms with Crippen molar-refractivity contribution in [2.75, 3.05) is 4.72 Å². The Morgan fingerprint density at radius 3 is 2.32 bits per heavy atom. The van der Waals surface area contributed by atoms with Crippen LogP contribution in [0.3, 0.4) is 0 Å². The number of non-ortho nitro benzene ring substituents is 1. The van der Waals surface area contributed by atoms with E-state index in [1.165, 1.54) is 30.3 Å². The van der Waals surface area contributed by atoms with Crippen molar-refractivity contribution in [1.29, 1.82) is 5.26 Å². The second-order valence-electron chi connectivity index (χ2n) is 6.37. The number of nitro benzene ring substituents is 1. The highest BCUT2D eigenvalue weighted by atomic mass is 32.2. The Hall–Kier alpha value is -4.29. The summed E-state index contributed by atoms with van der Waals surface area (Å²) in [6, 6.07) is 19.2. The Morgan fingerprint density at radius 1 is 1.03 bits per heavy atom. The average molecular weight is 433 g/mol. The van der Waals surface area contributed by atoms with Gasteiger partial charge >= 0.3 is 0 Å².